The molecule has 0 fully saturated rings. The molecule has 0 saturated carbocycles. The van der Waals surface area contributed by atoms with E-state index in [0.717, 1.165) is 11.0 Å². The molecule has 0 atom stereocenters. The number of aromatic nitrogens is 3. The molecule has 2 heterocycles. The zero-order valence-electron chi connectivity index (χ0n) is 7.23. The van der Waals surface area contributed by atoms with Crippen molar-refractivity contribution in [1.82, 2.24) is 14.8 Å². The highest BCUT2D eigenvalue weighted by Crippen LogP contribution is 2.13. The molecule has 0 bridgehead atoms. The highest BCUT2D eigenvalue weighted by Gasteiger charge is 2.04. The summed E-state index contributed by atoms with van der Waals surface area (Å²) in [6, 6.07) is 4.32. The molecule has 0 N–H and O–H groups in total. The first-order valence-corrected chi connectivity index (χ1v) is 4.07. The van der Waals surface area contributed by atoms with Gasteiger partial charge in [0.15, 0.2) is 5.65 Å². The molecule has 0 unspecified atom stereocenters. The van der Waals surface area contributed by atoms with Crippen molar-refractivity contribution < 1.29 is 0 Å². The van der Waals surface area contributed by atoms with Crippen LogP contribution in [0.3, 0.4) is 0 Å². The minimum Gasteiger partial charge on any atom is -0.245 e. The van der Waals surface area contributed by atoms with Gasteiger partial charge in [0, 0.05) is 17.6 Å². The maximum Gasteiger partial charge on any atom is 0.157 e. The van der Waals surface area contributed by atoms with E-state index in [0.29, 0.717) is 6.04 Å². The highest BCUT2D eigenvalue weighted by atomic mass is 15.3. The van der Waals surface area contributed by atoms with Crippen molar-refractivity contribution in [2.45, 2.75) is 19.9 Å². The normalized spacial score (nSPS) is 11.2. The van der Waals surface area contributed by atoms with Crippen molar-refractivity contribution in [3.63, 3.8) is 0 Å². The SMILES string of the molecule is CC(C)n1ncc2cccnc21. The first kappa shape index (κ1) is 7.28. The minimum absolute atomic E-state index is 0.373. The van der Waals surface area contributed by atoms with Gasteiger partial charge in [0.1, 0.15) is 0 Å². The van der Waals surface area contributed by atoms with Gasteiger partial charge in [-0.25, -0.2) is 9.67 Å². The van der Waals surface area contributed by atoms with Gasteiger partial charge in [-0.3, -0.25) is 0 Å². The Kier molecular flexibility index (Phi) is 1.57. The van der Waals surface area contributed by atoms with Gasteiger partial charge in [-0.15, -0.1) is 0 Å². The molecule has 0 aliphatic rings. The van der Waals surface area contributed by atoms with Crippen molar-refractivity contribution in [1.29, 1.82) is 0 Å². The van der Waals surface area contributed by atoms with E-state index < -0.39 is 0 Å². The largest absolute Gasteiger partial charge is 0.245 e. The predicted octanol–water partition coefficient (Wildman–Crippen LogP) is 2.01. The van der Waals surface area contributed by atoms with E-state index in [2.05, 4.69) is 23.9 Å². The first-order chi connectivity index (χ1) is 5.79. The van der Waals surface area contributed by atoms with Crippen molar-refractivity contribution >= 4 is 11.0 Å². The summed E-state index contributed by atoms with van der Waals surface area (Å²) in [6.45, 7) is 4.20. The lowest BCUT2D eigenvalue weighted by atomic mass is 10.3. The molecule has 0 aliphatic heterocycles. The van der Waals surface area contributed by atoms with E-state index in [1.165, 1.54) is 0 Å². The van der Waals surface area contributed by atoms with Crippen LogP contribution in [0, 0.1) is 0 Å². The van der Waals surface area contributed by atoms with Gasteiger partial charge in [0.05, 0.1) is 6.20 Å². The number of fused-ring (bicyclic) bond motifs is 1. The van der Waals surface area contributed by atoms with Crippen molar-refractivity contribution in [2.24, 2.45) is 0 Å². The summed E-state index contributed by atoms with van der Waals surface area (Å²) in [6.07, 6.45) is 3.64. The van der Waals surface area contributed by atoms with Gasteiger partial charge in [-0.05, 0) is 26.0 Å². The lowest BCUT2D eigenvalue weighted by Gasteiger charge is -2.04. The molecule has 62 valence electrons. The van der Waals surface area contributed by atoms with Crippen LogP contribution < -0.4 is 0 Å². The van der Waals surface area contributed by atoms with Crippen LogP contribution in [0.15, 0.2) is 24.5 Å². The second kappa shape index (κ2) is 2.59. The van der Waals surface area contributed by atoms with E-state index in [1.807, 2.05) is 23.0 Å². The summed E-state index contributed by atoms with van der Waals surface area (Å²) < 4.78 is 1.93. The van der Waals surface area contributed by atoms with Crippen molar-refractivity contribution in [3.05, 3.63) is 24.5 Å². The van der Waals surface area contributed by atoms with Crippen LogP contribution in [0.2, 0.25) is 0 Å². The molecule has 2 aromatic heterocycles. The molecule has 0 saturated heterocycles. The van der Waals surface area contributed by atoms with Crippen LogP contribution >= 0.6 is 0 Å². The van der Waals surface area contributed by atoms with Crippen LogP contribution in [0.1, 0.15) is 19.9 Å². The molecule has 3 nitrogen and oxygen atoms in total. The Morgan fingerprint density at radius 2 is 2.25 bits per heavy atom. The first-order valence-electron chi connectivity index (χ1n) is 4.07. The standard InChI is InChI=1S/C9H11N3/c1-7(2)12-9-8(6-11-12)4-3-5-10-9/h3-7H,1-2H3. The summed E-state index contributed by atoms with van der Waals surface area (Å²) in [7, 11) is 0. The monoisotopic (exact) mass is 161 g/mol. The number of pyridine rings is 1. The number of rotatable bonds is 1. The topological polar surface area (TPSA) is 30.7 Å². The zero-order chi connectivity index (χ0) is 8.55. The van der Waals surface area contributed by atoms with Crippen molar-refractivity contribution in [3.8, 4) is 0 Å². The lowest BCUT2D eigenvalue weighted by molar-refractivity contribution is 0.546. The zero-order valence-corrected chi connectivity index (χ0v) is 7.23. The second-order valence-electron chi connectivity index (χ2n) is 3.10. The maximum atomic E-state index is 4.26. The Labute approximate surface area is 71.0 Å². The van der Waals surface area contributed by atoms with Crippen LogP contribution in [0.5, 0.6) is 0 Å². The Morgan fingerprint density at radius 1 is 1.42 bits per heavy atom. The third-order valence-electron chi connectivity index (χ3n) is 1.84. The van der Waals surface area contributed by atoms with E-state index in [-0.39, 0.29) is 0 Å². The fourth-order valence-corrected chi connectivity index (χ4v) is 1.26. The van der Waals surface area contributed by atoms with Crippen LogP contribution in [0.25, 0.3) is 11.0 Å². The Hall–Kier alpha value is -1.38. The molecule has 2 rings (SSSR count). The summed E-state index contributed by atoms with van der Waals surface area (Å²) >= 11 is 0. The maximum absolute atomic E-state index is 4.26. The third kappa shape index (κ3) is 0.978. The van der Waals surface area contributed by atoms with Crippen molar-refractivity contribution in [2.75, 3.05) is 0 Å². The highest BCUT2D eigenvalue weighted by molar-refractivity contribution is 5.73. The summed E-state index contributed by atoms with van der Waals surface area (Å²) in [5, 5.41) is 5.35. The molecule has 3 heteroatoms. The molecular weight excluding hydrogens is 150 g/mol. The van der Waals surface area contributed by atoms with E-state index >= 15 is 0 Å². The second-order valence-corrected chi connectivity index (χ2v) is 3.10. The molecule has 0 radical (unpaired) electrons. The Bertz CT molecular complexity index is 389. The number of hydrogen-bond acceptors (Lipinski definition) is 2. The Balaban J connectivity index is 2.70. The van der Waals surface area contributed by atoms with E-state index in [9.17, 15) is 0 Å². The number of hydrogen-bond donors (Lipinski definition) is 0. The van der Waals surface area contributed by atoms with E-state index in [4.69, 9.17) is 0 Å². The predicted molar refractivity (Wildman–Crippen MR) is 47.9 cm³/mol. The fraction of sp³-hybridized carbons (Fsp3) is 0.333. The molecule has 0 spiro atoms. The van der Waals surface area contributed by atoms with Crippen LogP contribution in [-0.2, 0) is 0 Å². The smallest absolute Gasteiger partial charge is 0.157 e. The van der Waals surface area contributed by atoms with Gasteiger partial charge in [0.25, 0.3) is 0 Å². The van der Waals surface area contributed by atoms with Crippen LogP contribution in [0.4, 0.5) is 0 Å². The van der Waals surface area contributed by atoms with Gasteiger partial charge < -0.3 is 0 Å². The van der Waals surface area contributed by atoms with Gasteiger partial charge in [-0.1, -0.05) is 0 Å². The van der Waals surface area contributed by atoms with Crippen LogP contribution in [-0.4, -0.2) is 14.8 Å². The van der Waals surface area contributed by atoms with Gasteiger partial charge >= 0.3 is 0 Å². The van der Waals surface area contributed by atoms with Gasteiger partial charge in [0.2, 0.25) is 0 Å². The average Bonchev–Trinajstić information content (AvgIpc) is 2.47. The number of nitrogens with zero attached hydrogens (tertiary/aromatic N) is 3. The molecule has 0 aliphatic carbocycles. The minimum atomic E-state index is 0.373. The fourth-order valence-electron chi connectivity index (χ4n) is 1.26. The Morgan fingerprint density at radius 3 is 3.00 bits per heavy atom. The molecule has 0 aromatic carbocycles. The van der Waals surface area contributed by atoms with Gasteiger partial charge in [-0.2, -0.15) is 5.10 Å². The lowest BCUT2D eigenvalue weighted by Crippen LogP contribution is -2.02. The summed E-state index contributed by atoms with van der Waals surface area (Å²) in [5.41, 5.74) is 0.965. The summed E-state index contributed by atoms with van der Waals surface area (Å²) in [5.74, 6) is 0. The average molecular weight is 161 g/mol. The molecule has 2 aromatic rings. The van der Waals surface area contributed by atoms with E-state index in [1.54, 1.807) is 6.20 Å². The molecule has 12 heavy (non-hydrogen) atoms. The molecule has 0 amide bonds. The quantitative estimate of drug-likeness (QED) is 0.640. The third-order valence-corrected chi connectivity index (χ3v) is 1.84. The molecular formula is C9H11N3. The summed E-state index contributed by atoms with van der Waals surface area (Å²) in [4.78, 5) is 4.26.